The Hall–Kier alpha value is -3.60. The topological polar surface area (TPSA) is 62.6 Å². The van der Waals surface area contributed by atoms with E-state index in [1.165, 1.54) is 16.7 Å². The second kappa shape index (κ2) is 8.03. The van der Waals surface area contributed by atoms with Gasteiger partial charge in [0.05, 0.1) is 18.4 Å². The monoisotopic (exact) mass is 400 g/mol. The number of carbonyl (C=O) groups excluding carboxylic acids is 2. The van der Waals surface area contributed by atoms with Gasteiger partial charge in [-0.1, -0.05) is 42.8 Å². The highest BCUT2D eigenvalue weighted by Gasteiger charge is 2.40. The Kier molecular flexibility index (Phi) is 5.27. The fraction of sp³-hybridized carbons (Fsp3) is 0.200. The van der Waals surface area contributed by atoms with Crippen LogP contribution in [0.5, 0.6) is 0 Å². The van der Waals surface area contributed by atoms with Crippen LogP contribution in [0.2, 0.25) is 0 Å². The van der Waals surface area contributed by atoms with Crippen LogP contribution in [0, 0.1) is 13.8 Å². The van der Waals surface area contributed by atoms with E-state index in [9.17, 15) is 9.59 Å². The zero-order valence-corrected chi connectivity index (χ0v) is 17.4. The summed E-state index contributed by atoms with van der Waals surface area (Å²) in [5.41, 5.74) is 5.47. The molecule has 0 spiro atoms. The Morgan fingerprint density at radius 1 is 0.967 bits per heavy atom. The number of nitrogens with one attached hydrogen (secondary N) is 1. The van der Waals surface area contributed by atoms with Crippen molar-refractivity contribution in [2.45, 2.75) is 33.7 Å². The Bertz CT molecular complexity index is 1130. The van der Waals surface area contributed by atoms with Crippen LogP contribution in [0.3, 0.4) is 0 Å². The maximum Gasteiger partial charge on any atom is 0.278 e. The first-order valence-corrected chi connectivity index (χ1v) is 10.0. The molecule has 0 fully saturated rings. The van der Waals surface area contributed by atoms with Crippen LogP contribution < -0.4 is 5.32 Å². The van der Waals surface area contributed by atoms with Gasteiger partial charge < -0.3 is 9.73 Å². The number of rotatable bonds is 6. The third-order valence-electron chi connectivity index (χ3n) is 5.34. The Morgan fingerprint density at radius 3 is 2.37 bits per heavy atom. The molecule has 2 aromatic carbocycles. The highest BCUT2D eigenvalue weighted by Crippen LogP contribution is 2.33. The van der Waals surface area contributed by atoms with E-state index in [0.29, 0.717) is 17.0 Å². The lowest BCUT2D eigenvalue weighted by Crippen LogP contribution is -2.31. The van der Waals surface area contributed by atoms with Crippen molar-refractivity contribution in [3.63, 3.8) is 0 Å². The average Bonchev–Trinajstić information content (AvgIpc) is 3.32. The van der Waals surface area contributed by atoms with Crippen molar-refractivity contribution < 1.29 is 14.0 Å². The minimum absolute atomic E-state index is 0.0963. The molecular weight excluding hydrogens is 376 g/mol. The minimum atomic E-state index is -0.356. The van der Waals surface area contributed by atoms with Crippen molar-refractivity contribution in [1.29, 1.82) is 0 Å². The minimum Gasteiger partial charge on any atom is -0.467 e. The highest BCUT2D eigenvalue weighted by molar-refractivity contribution is 6.36. The van der Waals surface area contributed by atoms with Gasteiger partial charge in [-0.05, 0) is 61.2 Å². The molecule has 2 heterocycles. The normalized spacial score (nSPS) is 14.0. The first-order chi connectivity index (χ1) is 14.5. The van der Waals surface area contributed by atoms with Crippen LogP contribution in [0.25, 0.3) is 5.57 Å². The first kappa shape index (κ1) is 19.7. The molecule has 0 saturated heterocycles. The Morgan fingerprint density at radius 2 is 1.73 bits per heavy atom. The molecule has 0 radical (unpaired) electrons. The largest absolute Gasteiger partial charge is 0.467 e. The molecule has 3 aromatic rings. The molecule has 2 amide bonds. The van der Waals surface area contributed by atoms with Crippen LogP contribution >= 0.6 is 0 Å². The number of aryl methyl sites for hydroxylation is 3. The van der Waals surface area contributed by atoms with Gasteiger partial charge in [-0.25, -0.2) is 0 Å². The van der Waals surface area contributed by atoms with Crippen molar-refractivity contribution in [3.05, 3.63) is 94.6 Å². The van der Waals surface area contributed by atoms with Gasteiger partial charge in [0.25, 0.3) is 11.8 Å². The first-order valence-electron chi connectivity index (χ1n) is 10.0. The molecular formula is C25H24N2O3. The summed E-state index contributed by atoms with van der Waals surface area (Å²) >= 11 is 0. The molecule has 1 N–H and O–H groups in total. The van der Waals surface area contributed by atoms with Gasteiger partial charge >= 0.3 is 0 Å². The number of hydrogen-bond acceptors (Lipinski definition) is 4. The second-order valence-electron chi connectivity index (χ2n) is 7.52. The van der Waals surface area contributed by atoms with E-state index in [1.54, 1.807) is 12.1 Å². The van der Waals surface area contributed by atoms with Gasteiger partial charge in [0.2, 0.25) is 0 Å². The second-order valence-corrected chi connectivity index (χ2v) is 7.52. The molecule has 5 heteroatoms. The van der Waals surface area contributed by atoms with Crippen LogP contribution in [-0.2, 0) is 22.6 Å². The molecule has 5 nitrogen and oxygen atoms in total. The van der Waals surface area contributed by atoms with E-state index in [4.69, 9.17) is 4.42 Å². The fourth-order valence-corrected chi connectivity index (χ4v) is 3.71. The lowest BCUT2D eigenvalue weighted by molar-refractivity contribution is -0.137. The summed E-state index contributed by atoms with van der Waals surface area (Å²) in [7, 11) is 0. The van der Waals surface area contributed by atoms with E-state index in [1.807, 2.05) is 56.3 Å². The number of hydrogen-bond donors (Lipinski definition) is 1. The van der Waals surface area contributed by atoms with E-state index < -0.39 is 0 Å². The zero-order chi connectivity index (χ0) is 21.3. The van der Waals surface area contributed by atoms with Gasteiger partial charge in [0.15, 0.2) is 0 Å². The van der Waals surface area contributed by atoms with Crippen molar-refractivity contribution in [1.82, 2.24) is 4.90 Å². The molecule has 0 unspecified atom stereocenters. The summed E-state index contributed by atoms with van der Waals surface area (Å²) in [4.78, 5) is 27.9. The SMILES string of the molecule is CCc1ccc(NC2=C(c3ccc(C)cc3C)C(=O)N(Cc3ccco3)C2=O)cc1. The number of carbonyl (C=O) groups is 2. The van der Waals surface area contributed by atoms with Gasteiger partial charge in [-0.15, -0.1) is 0 Å². The molecule has 0 aliphatic carbocycles. The molecule has 1 aliphatic rings. The van der Waals surface area contributed by atoms with Crippen molar-refractivity contribution in [2.75, 3.05) is 5.32 Å². The number of furan rings is 1. The third kappa shape index (κ3) is 3.66. The molecule has 30 heavy (non-hydrogen) atoms. The summed E-state index contributed by atoms with van der Waals surface area (Å²) in [5.74, 6) is -0.118. The number of anilines is 1. The Labute approximate surface area is 176 Å². The molecule has 1 aromatic heterocycles. The van der Waals surface area contributed by atoms with E-state index in [0.717, 1.165) is 28.8 Å². The number of benzene rings is 2. The lowest BCUT2D eigenvalue weighted by atomic mass is 9.97. The summed E-state index contributed by atoms with van der Waals surface area (Å²) in [6.45, 7) is 6.15. The van der Waals surface area contributed by atoms with Crippen LogP contribution in [0.15, 0.2) is 71.0 Å². The quantitative estimate of drug-likeness (QED) is 0.601. The Balaban J connectivity index is 1.76. The maximum atomic E-state index is 13.3. The highest BCUT2D eigenvalue weighted by atomic mass is 16.3. The lowest BCUT2D eigenvalue weighted by Gasteiger charge is -2.14. The summed E-state index contributed by atoms with van der Waals surface area (Å²) in [5, 5.41) is 3.21. The predicted molar refractivity (Wildman–Crippen MR) is 117 cm³/mol. The van der Waals surface area contributed by atoms with Gasteiger partial charge in [-0.2, -0.15) is 0 Å². The van der Waals surface area contributed by atoms with Crippen LogP contribution in [0.4, 0.5) is 5.69 Å². The molecule has 1 aliphatic heterocycles. The van der Waals surface area contributed by atoms with E-state index in [-0.39, 0.29) is 18.4 Å². The zero-order valence-electron chi connectivity index (χ0n) is 17.4. The summed E-state index contributed by atoms with van der Waals surface area (Å²) in [6.07, 6.45) is 2.47. The molecule has 0 bridgehead atoms. The van der Waals surface area contributed by atoms with Crippen LogP contribution in [-0.4, -0.2) is 16.7 Å². The van der Waals surface area contributed by atoms with Crippen molar-refractivity contribution in [2.24, 2.45) is 0 Å². The van der Waals surface area contributed by atoms with E-state index >= 15 is 0 Å². The molecule has 152 valence electrons. The number of imide groups is 1. The third-order valence-corrected chi connectivity index (χ3v) is 5.34. The van der Waals surface area contributed by atoms with Gasteiger partial charge in [0.1, 0.15) is 11.5 Å². The van der Waals surface area contributed by atoms with Crippen molar-refractivity contribution >= 4 is 23.1 Å². The van der Waals surface area contributed by atoms with E-state index in [2.05, 4.69) is 12.2 Å². The number of nitrogens with zero attached hydrogens (tertiary/aromatic N) is 1. The molecule has 4 rings (SSSR count). The predicted octanol–water partition coefficient (Wildman–Crippen LogP) is 4.85. The molecule has 0 saturated carbocycles. The fourth-order valence-electron chi connectivity index (χ4n) is 3.71. The molecule has 0 atom stereocenters. The average molecular weight is 400 g/mol. The number of amides is 2. The standard InChI is InChI=1S/C25H24N2O3/c1-4-18-8-10-19(11-9-18)26-23-22(21-12-7-16(2)14-17(21)3)24(28)27(25(23)29)15-20-6-5-13-30-20/h5-14,26H,4,15H2,1-3H3. The summed E-state index contributed by atoms with van der Waals surface area (Å²) < 4.78 is 5.37. The van der Waals surface area contributed by atoms with Gasteiger partial charge in [-0.3, -0.25) is 14.5 Å². The van der Waals surface area contributed by atoms with Crippen molar-refractivity contribution in [3.8, 4) is 0 Å². The van der Waals surface area contributed by atoms with Crippen LogP contribution in [0.1, 0.15) is 34.9 Å². The smallest absolute Gasteiger partial charge is 0.278 e. The summed E-state index contributed by atoms with van der Waals surface area (Å²) in [6, 6.07) is 17.3. The van der Waals surface area contributed by atoms with Gasteiger partial charge in [0, 0.05) is 5.69 Å². The maximum absolute atomic E-state index is 13.3.